The lowest BCUT2D eigenvalue weighted by atomic mass is 10.1. The van der Waals surface area contributed by atoms with Gasteiger partial charge in [0.2, 0.25) is 0 Å². The molecule has 4 rings (SSSR count). The van der Waals surface area contributed by atoms with Crippen molar-refractivity contribution in [3.05, 3.63) is 72.1 Å². The number of benzene rings is 2. The number of aromatic nitrogens is 1. The molecular formula is C19H16N4O. The highest BCUT2D eigenvalue weighted by molar-refractivity contribution is 6.35. The summed E-state index contributed by atoms with van der Waals surface area (Å²) < 4.78 is 0. The molecular weight excluding hydrogens is 300 g/mol. The fraction of sp³-hybridized carbons (Fsp3) is 0. The molecule has 0 fully saturated rings. The van der Waals surface area contributed by atoms with Crippen molar-refractivity contribution < 1.29 is 4.79 Å². The quantitative estimate of drug-likeness (QED) is 0.438. The molecule has 24 heavy (non-hydrogen) atoms. The maximum absolute atomic E-state index is 12.2. The summed E-state index contributed by atoms with van der Waals surface area (Å²) in [4.78, 5) is 15.3. The highest BCUT2D eigenvalue weighted by Gasteiger charge is 2.24. The summed E-state index contributed by atoms with van der Waals surface area (Å²) in [5, 5.41) is 6.20. The molecule has 0 atom stereocenters. The van der Waals surface area contributed by atoms with Gasteiger partial charge in [-0.1, -0.05) is 12.1 Å². The maximum Gasteiger partial charge on any atom is 0.256 e. The van der Waals surface area contributed by atoms with Crippen LogP contribution in [0.5, 0.6) is 0 Å². The molecule has 1 aliphatic rings. The van der Waals surface area contributed by atoms with Crippen LogP contribution < -0.4 is 16.4 Å². The standard InChI is InChI=1S/C19H16N4O/c20-12-3-1-4-14(9-12)22-15-6-7-16-17(10-13-5-2-8-21-13)19(24)23-18(16)11-15/h1-11,21-22H,20H2,(H,23,24). The Bertz CT molecular complexity index is 942. The Balaban J connectivity index is 1.65. The zero-order chi connectivity index (χ0) is 16.5. The van der Waals surface area contributed by atoms with Gasteiger partial charge in [-0.3, -0.25) is 4.79 Å². The summed E-state index contributed by atoms with van der Waals surface area (Å²) in [6.07, 6.45) is 3.69. The number of carbonyl (C=O) groups is 1. The first-order chi connectivity index (χ1) is 11.7. The Hall–Kier alpha value is -3.47. The van der Waals surface area contributed by atoms with Crippen LogP contribution >= 0.6 is 0 Å². The second-order valence-electron chi connectivity index (χ2n) is 5.65. The molecule has 2 aromatic carbocycles. The van der Waals surface area contributed by atoms with Gasteiger partial charge in [0.05, 0.1) is 11.3 Å². The van der Waals surface area contributed by atoms with Crippen LogP contribution in [-0.4, -0.2) is 10.9 Å². The Morgan fingerprint density at radius 1 is 1.00 bits per heavy atom. The topological polar surface area (TPSA) is 82.9 Å². The number of hydrogen-bond donors (Lipinski definition) is 4. The minimum Gasteiger partial charge on any atom is -0.399 e. The van der Waals surface area contributed by atoms with E-state index in [0.717, 1.165) is 28.3 Å². The predicted molar refractivity (Wildman–Crippen MR) is 97.9 cm³/mol. The SMILES string of the molecule is Nc1cccc(Nc2ccc3c(c2)NC(=O)C3=Cc2ccc[nH]2)c1. The fourth-order valence-corrected chi connectivity index (χ4v) is 2.79. The van der Waals surface area contributed by atoms with Crippen molar-refractivity contribution in [2.75, 3.05) is 16.4 Å². The summed E-state index contributed by atoms with van der Waals surface area (Å²) >= 11 is 0. The van der Waals surface area contributed by atoms with E-state index < -0.39 is 0 Å². The molecule has 0 saturated heterocycles. The molecule has 0 saturated carbocycles. The van der Waals surface area contributed by atoms with E-state index in [1.165, 1.54) is 0 Å². The normalized spacial score (nSPS) is 14.5. The molecule has 1 aliphatic heterocycles. The summed E-state index contributed by atoms with van der Waals surface area (Å²) in [5.74, 6) is -0.0966. The second-order valence-corrected chi connectivity index (χ2v) is 5.65. The number of nitrogens with one attached hydrogen (secondary N) is 3. The van der Waals surface area contributed by atoms with Gasteiger partial charge in [0, 0.05) is 34.5 Å². The van der Waals surface area contributed by atoms with Crippen molar-refractivity contribution in [2.45, 2.75) is 0 Å². The van der Waals surface area contributed by atoms with E-state index in [1.807, 2.05) is 66.9 Å². The third-order valence-electron chi connectivity index (χ3n) is 3.90. The average Bonchev–Trinajstić information content (AvgIpc) is 3.16. The van der Waals surface area contributed by atoms with Crippen LogP contribution in [-0.2, 0) is 4.79 Å². The minimum atomic E-state index is -0.0966. The van der Waals surface area contributed by atoms with Crippen molar-refractivity contribution in [2.24, 2.45) is 0 Å². The van der Waals surface area contributed by atoms with Crippen LogP contribution in [0, 0.1) is 0 Å². The Morgan fingerprint density at radius 3 is 2.67 bits per heavy atom. The smallest absolute Gasteiger partial charge is 0.256 e. The molecule has 0 bridgehead atoms. The summed E-state index contributed by atoms with van der Waals surface area (Å²) in [5.41, 5.74) is 11.5. The molecule has 3 aromatic rings. The van der Waals surface area contributed by atoms with Crippen molar-refractivity contribution in [1.82, 2.24) is 4.98 Å². The van der Waals surface area contributed by atoms with Gasteiger partial charge in [0.25, 0.3) is 5.91 Å². The number of hydrogen-bond acceptors (Lipinski definition) is 3. The van der Waals surface area contributed by atoms with E-state index in [-0.39, 0.29) is 5.91 Å². The lowest BCUT2D eigenvalue weighted by molar-refractivity contribution is -0.110. The minimum absolute atomic E-state index is 0.0966. The number of nitrogens with two attached hydrogens (primary N) is 1. The van der Waals surface area contributed by atoms with Gasteiger partial charge < -0.3 is 21.4 Å². The second kappa shape index (κ2) is 5.62. The van der Waals surface area contributed by atoms with E-state index in [0.29, 0.717) is 11.3 Å². The molecule has 2 heterocycles. The summed E-state index contributed by atoms with van der Waals surface area (Å²) in [7, 11) is 0. The Labute approximate surface area is 139 Å². The van der Waals surface area contributed by atoms with Crippen LogP contribution in [0.4, 0.5) is 22.7 Å². The maximum atomic E-state index is 12.2. The Kier molecular flexibility index (Phi) is 3.31. The number of carbonyl (C=O) groups excluding carboxylic acids is 1. The summed E-state index contributed by atoms with van der Waals surface area (Å²) in [6.45, 7) is 0. The lowest BCUT2D eigenvalue weighted by Gasteiger charge is -2.08. The van der Waals surface area contributed by atoms with Crippen LogP contribution in [0.2, 0.25) is 0 Å². The lowest BCUT2D eigenvalue weighted by Crippen LogP contribution is -2.03. The number of fused-ring (bicyclic) bond motifs is 1. The molecule has 0 radical (unpaired) electrons. The van der Waals surface area contributed by atoms with Crippen LogP contribution in [0.1, 0.15) is 11.3 Å². The Morgan fingerprint density at radius 2 is 1.88 bits per heavy atom. The number of rotatable bonds is 3. The van der Waals surface area contributed by atoms with Crippen molar-refractivity contribution >= 4 is 40.3 Å². The molecule has 0 aliphatic carbocycles. The highest BCUT2D eigenvalue weighted by atomic mass is 16.2. The van der Waals surface area contributed by atoms with Crippen LogP contribution in [0.3, 0.4) is 0 Å². The third-order valence-corrected chi connectivity index (χ3v) is 3.90. The zero-order valence-electron chi connectivity index (χ0n) is 12.8. The first-order valence-corrected chi connectivity index (χ1v) is 7.62. The average molecular weight is 316 g/mol. The fourth-order valence-electron chi connectivity index (χ4n) is 2.79. The molecule has 1 amide bonds. The molecule has 118 valence electrons. The number of H-pyrrole nitrogens is 1. The van der Waals surface area contributed by atoms with Crippen molar-refractivity contribution in [3.63, 3.8) is 0 Å². The molecule has 5 heteroatoms. The van der Waals surface area contributed by atoms with E-state index >= 15 is 0 Å². The number of aromatic amines is 1. The molecule has 1 aromatic heterocycles. The van der Waals surface area contributed by atoms with Gasteiger partial charge in [0.1, 0.15) is 0 Å². The van der Waals surface area contributed by atoms with Gasteiger partial charge in [0.15, 0.2) is 0 Å². The van der Waals surface area contributed by atoms with Gasteiger partial charge in [-0.2, -0.15) is 0 Å². The third kappa shape index (κ3) is 2.63. The molecule has 0 unspecified atom stereocenters. The van der Waals surface area contributed by atoms with Gasteiger partial charge in [-0.15, -0.1) is 0 Å². The monoisotopic (exact) mass is 316 g/mol. The van der Waals surface area contributed by atoms with Crippen LogP contribution in [0.25, 0.3) is 11.6 Å². The zero-order valence-corrected chi connectivity index (χ0v) is 12.8. The number of amides is 1. The largest absolute Gasteiger partial charge is 0.399 e. The van der Waals surface area contributed by atoms with E-state index in [4.69, 9.17) is 5.73 Å². The predicted octanol–water partition coefficient (Wildman–Crippen LogP) is 3.83. The summed E-state index contributed by atoms with van der Waals surface area (Å²) in [6, 6.07) is 17.2. The first kappa shape index (κ1) is 14.1. The van der Waals surface area contributed by atoms with Gasteiger partial charge >= 0.3 is 0 Å². The first-order valence-electron chi connectivity index (χ1n) is 7.62. The van der Waals surface area contributed by atoms with Gasteiger partial charge in [-0.05, 0) is 48.5 Å². The highest BCUT2D eigenvalue weighted by Crippen LogP contribution is 2.35. The number of nitrogen functional groups attached to an aromatic ring is 1. The van der Waals surface area contributed by atoms with E-state index in [1.54, 1.807) is 0 Å². The number of anilines is 4. The van der Waals surface area contributed by atoms with E-state index in [2.05, 4.69) is 15.6 Å². The molecule has 5 nitrogen and oxygen atoms in total. The van der Waals surface area contributed by atoms with Crippen LogP contribution in [0.15, 0.2) is 60.8 Å². The molecule has 0 spiro atoms. The van der Waals surface area contributed by atoms with Crippen molar-refractivity contribution in [1.29, 1.82) is 0 Å². The molecule has 5 N–H and O–H groups in total. The van der Waals surface area contributed by atoms with Crippen molar-refractivity contribution in [3.8, 4) is 0 Å². The van der Waals surface area contributed by atoms with E-state index in [9.17, 15) is 4.79 Å². The van der Waals surface area contributed by atoms with Gasteiger partial charge in [-0.25, -0.2) is 0 Å².